The maximum atomic E-state index is 12.0. The maximum absolute atomic E-state index is 12.0. The fourth-order valence-electron chi connectivity index (χ4n) is 1.66. The Morgan fingerprint density at radius 2 is 2.00 bits per heavy atom. The van der Waals surface area contributed by atoms with Gasteiger partial charge in [-0.3, -0.25) is 4.79 Å². The van der Waals surface area contributed by atoms with E-state index in [0.29, 0.717) is 5.56 Å². The molecule has 0 aromatic heterocycles. The summed E-state index contributed by atoms with van der Waals surface area (Å²) in [7, 11) is -3.59. The SMILES string of the molecule is Cc1ccc(S(=O)(=O)CC(=O)NCCN)c(C)c1. The molecule has 0 aliphatic rings. The molecule has 5 nitrogen and oxygen atoms in total. The van der Waals surface area contributed by atoms with Gasteiger partial charge in [-0.25, -0.2) is 8.42 Å². The van der Waals surface area contributed by atoms with Gasteiger partial charge in [0.15, 0.2) is 9.84 Å². The molecular formula is C12H18N2O3S. The minimum Gasteiger partial charge on any atom is -0.354 e. The Morgan fingerprint density at radius 1 is 1.33 bits per heavy atom. The summed E-state index contributed by atoms with van der Waals surface area (Å²) in [5.74, 6) is -1.07. The molecule has 1 aromatic carbocycles. The molecule has 1 amide bonds. The van der Waals surface area contributed by atoms with Crippen molar-refractivity contribution in [3.05, 3.63) is 29.3 Å². The van der Waals surface area contributed by atoms with E-state index >= 15 is 0 Å². The van der Waals surface area contributed by atoms with Crippen LogP contribution in [0.15, 0.2) is 23.1 Å². The van der Waals surface area contributed by atoms with Crippen LogP contribution in [0.3, 0.4) is 0 Å². The van der Waals surface area contributed by atoms with Crippen molar-refractivity contribution in [3.63, 3.8) is 0 Å². The Labute approximate surface area is 107 Å². The molecule has 0 spiro atoms. The van der Waals surface area contributed by atoms with Crippen molar-refractivity contribution in [2.45, 2.75) is 18.7 Å². The number of carbonyl (C=O) groups is 1. The maximum Gasteiger partial charge on any atom is 0.235 e. The summed E-state index contributed by atoms with van der Waals surface area (Å²) in [6, 6.07) is 5.04. The predicted molar refractivity (Wildman–Crippen MR) is 70.0 cm³/mol. The first-order valence-corrected chi connectivity index (χ1v) is 7.29. The van der Waals surface area contributed by atoms with Gasteiger partial charge in [-0.05, 0) is 25.5 Å². The normalized spacial score (nSPS) is 11.3. The molecule has 1 aromatic rings. The monoisotopic (exact) mass is 270 g/mol. The Bertz CT molecular complexity index is 538. The third kappa shape index (κ3) is 3.82. The van der Waals surface area contributed by atoms with Crippen molar-refractivity contribution in [3.8, 4) is 0 Å². The van der Waals surface area contributed by atoms with Crippen molar-refractivity contribution >= 4 is 15.7 Å². The topological polar surface area (TPSA) is 89.3 Å². The molecule has 1 rings (SSSR count). The fraction of sp³-hybridized carbons (Fsp3) is 0.417. The van der Waals surface area contributed by atoms with Crippen LogP contribution in [0.2, 0.25) is 0 Å². The van der Waals surface area contributed by atoms with Gasteiger partial charge in [0.05, 0.1) is 4.90 Å². The average Bonchev–Trinajstić information content (AvgIpc) is 2.25. The highest BCUT2D eigenvalue weighted by Crippen LogP contribution is 2.17. The van der Waals surface area contributed by atoms with E-state index in [2.05, 4.69) is 5.32 Å². The van der Waals surface area contributed by atoms with Gasteiger partial charge in [0.2, 0.25) is 5.91 Å². The number of hydrogen-bond acceptors (Lipinski definition) is 4. The van der Waals surface area contributed by atoms with Gasteiger partial charge in [-0.2, -0.15) is 0 Å². The van der Waals surface area contributed by atoms with Crippen LogP contribution < -0.4 is 11.1 Å². The van der Waals surface area contributed by atoms with Gasteiger partial charge in [-0.15, -0.1) is 0 Å². The average molecular weight is 270 g/mol. The Kier molecular flexibility index (Phi) is 4.86. The summed E-state index contributed by atoms with van der Waals surface area (Å²) in [4.78, 5) is 11.6. The molecule has 3 N–H and O–H groups in total. The molecule has 0 heterocycles. The lowest BCUT2D eigenvalue weighted by molar-refractivity contribution is -0.118. The van der Waals surface area contributed by atoms with Gasteiger partial charge in [0.1, 0.15) is 5.75 Å². The number of rotatable bonds is 5. The van der Waals surface area contributed by atoms with Crippen molar-refractivity contribution in [1.82, 2.24) is 5.32 Å². The molecule has 0 saturated heterocycles. The lowest BCUT2D eigenvalue weighted by Crippen LogP contribution is -2.34. The minimum atomic E-state index is -3.59. The summed E-state index contributed by atoms with van der Waals surface area (Å²) in [6.07, 6.45) is 0. The molecule has 6 heteroatoms. The van der Waals surface area contributed by atoms with E-state index in [1.165, 1.54) is 6.07 Å². The number of nitrogens with one attached hydrogen (secondary N) is 1. The summed E-state index contributed by atoms with van der Waals surface area (Å²) < 4.78 is 24.1. The van der Waals surface area contributed by atoms with Crippen molar-refractivity contribution in [1.29, 1.82) is 0 Å². The highest BCUT2D eigenvalue weighted by atomic mass is 32.2. The van der Waals surface area contributed by atoms with Crippen LogP contribution in [0.1, 0.15) is 11.1 Å². The second kappa shape index (κ2) is 5.97. The molecule has 0 atom stereocenters. The molecule has 0 fully saturated rings. The molecule has 0 radical (unpaired) electrons. The first-order chi connectivity index (χ1) is 8.36. The van der Waals surface area contributed by atoms with E-state index in [4.69, 9.17) is 5.73 Å². The third-order valence-corrected chi connectivity index (χ3v) is 4.22. The van der Waals surface area contributed by atoms with E-state index in [1.54, 1.807) is 19.1 Å². The number of amides is 1. The van der Waals surface area contributed by atoms with Crippen LogP contribution in [0.5, 0.6) is 0 Å². The first-order valence-electron chi connectivity index (χ1n) is 5.63. The van der Waals surface area contributed by atoms with Crippen LogP contribution in [-0.2, 0) is 14.6 Å². The fourth-order valence-corrected chi connectivity index (χ4v) is 3.09. The van der Waals surface area contributed by atoms with E-state index in [-0.39, 0.29) is 18.0 Å². The number of hydrogen-bond donors (Lipinski definition) is 2. The zero-order valence-corrected chi connectivity index (χ0v) is 11.4. The van der Waals surface area contributed by atoms with E-state index in [1.807, 2.05) is 6.92 Å². The molecule has 0 bridgehead atoms. The minimum absolute atomic E-state index is 0.205. The molecular weight excluding hydrogens is 252 g/mol. The van der Waals surface area contributed by atoms with Crippen molar-refractivity contribution in [2.75, 3.05) is 18.8 Å². The first kappa shape index (κ1) is 14.7. The summed E-state index contributed by atoms with van der Waals surface area (Å²) >= 11 is 0. The van der Waals surface area contributed by atoms with Crippen molar-refractivity contribution < 1.29 is 13.2 Å². The molecule has 0 aliphatic carbocycles. The van der Waals surface area contributed by atoms with Gasteiger partial charge >= 0.3 is 0 Å². The lowest BCUT2D eigenvalue weighted by atomic mass is 10.2. The number of aryl methyl sites for hydroxylation is 2. The highest BCUT2D eigenvalue weighted by Gasteiger charge is 2.20. The zero-order chi connectivity index (χ0) is 13.8. The van der Waals surface area contributed by atoms with Gasteiger partial charge in [0, 0.05) is 13.1 Å². The third-order valence-electron chi connectivity index (χ3n) is 2.45. The van der Waals surface area contributed by atoms with Gasteiger partial charge in [0.25, 0.3) is 0 Å². The standard InChI is InChI=1S/C12H18N2O3S/c1-9-3-4-11(10(2)7-9)18(16,17)8-12(15)14-6-5-13/h3-4,7H,5-6,8,13H2,1-2H3,(H,14,15). The number of carbonyl (C=O) groups excluding carboxylic acids is 1. The van der Waals surface area contributed by atoms with E-state index in [9.17, 15) is 13.2 Å². The highest BCUT2D eigenvalue weighted by molar-refractivity contribution is 7.92. The smallest absolute Gasteiger partial charge is 0.235 e. The zero-order valence-electron chi connectivity index (χ0n) is 10.6. The number of benzene rings is 1. The molecule has 18 heavy (non-hydrogen) atoms. The number of nitrogens with two attached hydrogens (primary N) is 1. The quantitative estimate of drug-likeness (QED) is 0.797. The largest absolute Gasteiger partial charge is 0.354 e. The Balaban J connectivity index is 2.90. The molecule has 0 unspecified atom stereocenters. The summed E-state index contributed by atoms with van der Waals surface area (Å²) in [6.45, 7) is 4.17. The van der Waals surface area contributed by atoms with E-state index < -0.39 is 21.5 Å². The molecule has 0 saturated carbocycles. The van der Waals surface area contributed by atoms with Crippen LogP contribution in [0.25, 0.3) is 0 Å². The van der Waals surface area contributed by atoms with Gasteiger partial charge < -0.3 is 11.1 Å². The second-order valence-electron chi connectivity index (χ2n) is 4.17. The van der Waals surface area contributed by atoms with Crippen LogP contribution in [0.4, 0.5) is 0 Å². The number of sulfone groups is 1. The molecule has 100 valence electrons. The van der Waals surface area contributed by atoms with E-state index in [0.717, 1.165) is 5.56 Å². The van der Waals surface area contributed by atoms with Crippen LogP contribution in [0, 0.1) is 13.8 Å². The summed E-state index contributed by atoms with van der Waals surface area (Å²) in [5, 5.41) is 2.45. The second-order valence-corrected chi connectivity index (χ2v) is 6.12. The van der Waals surface area contributed by atoms with Gasteiger partial charge in [-0.1, -0.05) is 17.7 Å². The summed E-state index contributed by atoms with van der Waals surface area (Å²) in [5.41, 5.74) is 6.87. The van der Waals surface area contributed by atoms with Crippen LogP contribution in [-0.4, -0.2) is 33.2 Å². The van der Waals surface area contributed by atoms with Crippen LogP contribution >= 0.6 is 0 Å². The predicted octanol–water partition coefficient (Wildman–Crippen LogP) is 0.152. The Hall–Kier alpha value is -1.40. The Morgan fingerprint density at radius 3 is 2.56 bits per heavy atom. The lowest BCUT2D eigenvalue weighted by Gasteiger charge is -2.08. The van der Waals surface area contributed by atoms with Crippen molar-refractivity contribution in [2.24, 2.45) is 5.73 Å². The molecule has 0 aliphatic heterocycles.